The summed E-state index contributed by atoms with van der Waals surface area (Å²) in [5.41, 5.74) is 1.99. The number of carbonyl (C=O) groups excluding carboxylic acids is 1. The van der Waals surface area contributed by atoms with Gasteiger partial charge in [-0.15, -0.1) is 0 Å². The Balaban J connectivity index is 1.65. The van der Waals surface area contributed by atoms with Crippen LogP contribution in [0.5, 0.6) is 0 Å². The van der Waals surface area contributed by atoms with Crippen LogP contribution in [0.1, 0.15) is 17.7 Å². The van der Waals surface area contributed by atoms with E-state index in [1.807, 2.05) is 42.3 Å². The standard InChI is InChI=1S/C22H25FN4O2/c1-16-21(22(29)27(26(16)3)18-10-5-4-6-11-18)24-20(28)13-14-25(2)15-17-9-7-8-12-19(17)23/h4-12H,13-15H2,1-3H3,(H,24,28). The fourth-order valence-corrected chi connectivity index (χ4v) is 3.20. The largest absolute Gasteiger partial charge is 0.320 e. The second-order valence-electron chi connectivity index (χ2n) is 7.06. The molecule has 0 aliphatic carbocycles. The van der Waals surface area contributed by atoms with Crippen molar-refractivity contribution in [3.05, 3.63) is 82.0 Å². The highest BCUT2D eigenvalue weighted by molar-refractivity contribution is 5.91. The molecule has 1 heterocycles. The van der Waals surface area contributed by atoms with Gasteiger partial charge < -0.3 is 10.2 Å². The number of amides is 1. The van der Waals surface area contributed by atoms with Crippen molar-refractivity contribution in [2.45, 2.75) is 19.9 Å². The van der Waals surface area contributed by atoms with Gasteiger partial charge in [-0.1, -0.05) is 36.4 Å². The summed E-state index contributed by atoms with van der Waals surface area (Å²) in [6, 6.07) is 15.9. The molecule has 0 atom stereocenters. The predicted molar refractivity (Wildman–Crippen MR) is 112 cm³/mol. The van der Waals surface area contributed by atoms with E-state index in [4.69, 9.17) is 0 Å². The molecule has 0 fully saturated rings. The van der Waals surface area contributed by atoms with Gasteiger partial charge in [0.15, 0.2) is 0 Å². The Morgan fingerprint density at radius 3 is 2.45 bits per heavy atom. The number of hydrogen-bond donors (Lipinski definition) is 1. The number of para-hydroxylation sites is 1. The minimum atomic E-state index is -0.274. The van der Waals surface area contributed by atoms with Crippen molar-refractivity contribution in [2.75, 3.05) is 18.9 Å². The van der Waals surface area contributed by atoms with Crippen molar-refractivity contribution in [2.24, 2.45) is 7.05 Å². The van der Waals surface area contributed by atoms with Crippen LogP contribution in [0.25, 0.3) is 5.69 Å². The molecule has 7 heteroatoms. The van der Waals surface area contributed by atoms with E-state index < -0.39 is 0 Å². The highest BCUT2D eigenvalue weighted by Crippen LogP contribution is 2.14. The minimum absolute atomic E-state index is 0.198. The first-order valence-corrected chi connectivity index (χ1v) is 9.44. The zero-order valence-corrected chi connectivity index (χ0v) is 16.9. The van der Waals surface area contributed by atoms with E-state index in [1.165, 1.54) is 10.7 Å². The third-order valence-corrected chi connectivity index (χ3v) is 4.94. The van der Waals surface area contributed by atoms with Gasteiger partial charge in [0.25, 0.3) is 5.56 Å². The summed E-state index contributed by atoms with van der Waals surface area (Å²) in [6.07, 6.45) is 0.198. The van der Waals surface area contributed by atoms with Crippen LogP contribution in [-0.4, -0.2) is 33.8 Å². The van der Waals surface area contributed by atoms with Gasteiger partial charge in [0.1, 0.15) is 11.5 Å². The van der Waals surface area contributed by atoms with Gasteiger partial charge in [-0.25, -0.2) is 9.07 Å². The maximum atomic E-state index is 13.8. The van der Waals surface area contributed by atoms with Crippen LogP contribution in [0, 0.1) is 12.7 Å². The number of aromatic nitrogens is 2. The molecule has 1 amide bonds. The van der Waals surface area contributed by atoms with Gasteiger partial charge in [0, 0.05) is 32.1 Å². The Kier molecular flexibility index (Phi) is 6.29. The molecule has 0 unspecified atom stereocenters. The van der Waals surface area contributed by atoms with Crippen molar-refractivity contribution in [1.29, 1.82) is 0 Å². The second-order valence-corrected chi connectivity index (χ2v) is 7.06. The number of nitrogens with one attached hydrogen (secondary N) is 1. The van der Waals surface area contributed by atoms with Crippen molar-refractivity contribution in [3.8, 4) is 5.69 Å². The summed E-state index contributed by atoms with van der Waals surface area (Å²) in [5, 5.41) is 2.75. The lowest BCUT2D eigenvalue weighted by atomic mass is 10.2. The maximum Gasteiger partial charge on any atom is 0.295 e. The maximum absolute atomic E-state index is 13.8. The summed E-state index contributed by atoms with van der Waals surface area (Å²) in [5.74, 6) is -0.512. The normalized spacial score (nSPS) is 11.1. The fraction of sp³-hybridized carbons (Fsp3) is 0.273. The van der Waals surface area contributed by atoms with Gasteiger partial charge >= 0.3 is 0 Å². The number of hydrogen-bond acceptors (Lipinski definition) is 3. The van der Waals surface area contributed by atoms with Gasteiger partial charge in [-0.2, -0.15) is 0 Å². The number of benzene rings is 2. The average molecular weight is 396 g/mol. The highest BCUT2D eigenvalue weighted by Gasteiger charge is 2.18. The molecule has 1 N–H and O–H groups in total. The molecule has 152 valence electrons. The summed E-state index contributed by atoms with van der Waals surface area (Å²) in [6.45, 7) is 2.64. The van der Waals surface area contributed by atoms with Crippen LogP contribution in [0.3, 0.4) is 0 Å². The van der Waals surface area contributed by atoms with Crippen LogP contribution in [0.2, 0.25) is 0 Å². The van der Waals surface area contributed by atoms with Crippen molar-refractivity contribution in [3.63, 3.8) is 0 Å². The van der Waals surface area contributed by atoms with Crippen LogP contribution in [-0.2, 0) is 18.4 Å². The molecule has 29 heavy (non-hydrogen) atoms. The van der Waals surface area contributed by atoms with Gasteiger partial charge in [-0.3, -0.25) is 14.3 Å². The molecule has 0 aliphatic heterocycles. The number of rotatable bonds is 7. The third-order valence-electron chi connectivity index (χ3n) is 4.94. The van der Waals surface area contributed by atoms with Crippen molar-refractivity contribution < 1.29 is 9.18 Å². The lowest BCUT2D eigenvalue weighted by Crippen LogP contribution is -2.26. The van der Waals surface area contributed by atoms with Crippen LogP contribution in [0.4, 0.5) is 10.1 Å². The van der Waals surface area contributed by atoms with E-state index in [0.717, 1.165) is 5.69 Å². The van der Waals surface area contributed by atoms with E-state index in [9.17, 15) is 14.0 Å². The molecule has 3 aromatic rings. The molecule has 0 aliphatic rings. The smallest absolute Gasteiger partial charge is 0.295 e. The molecular formula is C22H25FN4O2. The monoisotopic (exact) mass is 396 g/mol. The molecule has 1 aromatic heterocycles. The first kappa shape index (κ1) is 20.5. The molecule has 0 saturated carbocycles. The van der Waals surface area contributed by atoms with Gasteiger partial charge in [0.2, 0.25) is 5.91 Å². The van der Waals surface area contributed by atoms with E-state index in [0.29, 0.717) is 24.3 Å². The lowest BCUT2D eigenvalue weighted by Gasteiger charge is -2.16. The summed E-state index contributed by atoms with van der Waals surface area (Å²) >= 11 is 0. The second kappa shape index (κ2) is 8.87. The third kappa shape index (κ3) is 4.63. The molecule has 6 nitrogen and oxygen atoms in total. The minimum Gasteiger partial charge on any atom is -0.320 e. The molecule has 3 rings (SSSR count). The number of nitrogens with zero attached hydrogens (tertiary/aromatic N) is 3. The van der Waals surface area contributed by atoms with Crippen LogP contribution >= 0.6 is 0 Å². The Morgan fingerprint density at radius 2 is 1.76 bits per heavy atom. The summed E-state index contributed by atoms with van der Waals surface area (Å²) in [4.78, 5) is 27.1. The molecule has 0 spiro atoms. The van der Waals surface area contributed by atoms with Crippen LogP contribution in [0.15, 0.2) is 59.4 Å². The first-order valence-electron chi connectivity index (χ1n) is 9.44. The Morgan fingerprint density at radius 1 is 1.10 bits per heavy atom. The summed E-state index contributed by atoms with van der Waals surface area (Å²) < 4.78 is 17.0. The van der Waals surface area contributed by atoms with Gasteiger partial charge in [0.05, 0.1) is 11.4 Å². The first-order chi connectivity index (χ1) is 13.9. The van der Waals surface area contributed by atoms with E-state index in [1.54, 1.807) is 36.9 Å². The van der Waals surface area contributed by atoms with E-state index in [2.05, 4.69) is 5.32 Å². The zero-order chi connectivity index (χ0) is 21.0. The predicted octanol–water partition coefficient (Wildman–Crippen LogP) is 3.08. The fourth-order valence-electron chi connectivity index (χ4n) is 3.20. The zero-order valence-electron chi connectivity index (χ0n) is 16.9. The SMILES string of the molecule is Cc1c(NC(=O)CCN(C)Cc2ccccc2F)c(=O)n(-c2ccccc2)n1C. The summed E-state index contributed by atoms with van der Waals surface area (Å²) in [7, 11) is 3.61. The average Bonchev–Trinajstić information content (AvgIpc) is 2.92. The topological polar surface area (TPSA) is 59.3 Å². The van der Waals surface area contributed by atoms with Crippen molar-refractivity contribution in [1.82, 2.24) is 14.3 Å². The lowest BCUT2D eigenvalue weighted by molar-refractivity contribution is -0.116. The molecule has 0 bridgehead atoms. The van der Waals surface area contributed by atoms with Crippen molar-refractivity contribution >= 4 is 11.6 Å². The number of carbonyl (C=O) groups is 1. The number of halogens is 1. The number of anilines is 1. The Bertz CT molecular complexity index is 1060. The molecule has 2 aromatic carbocycles. The molecule has 0 radical (unpaired) electrons. The Hall–Kier alpha value is -3.19. The van der Waals surface area contributed by atoms with E-state index >= 15 is 0 Å². The molecule has 0 saturated heterocycles. The van der Waals surface area contributed by atoms with Gasteiger partial charge in [-0.05, 0) is 32.2 Å². The van der Waals surface area contributed by atoms with Crippen LogP contribution < -0.4 is 10.9 Å². The quantitative estimate of drug-likeness (QED) is 0.668. The highest BCUT2D eigenvalue weighted by atomic mass is 19.1. The molecular weight excluding hydrogens is 371 g/mol. The van der Waals surface area contributed by atoms with E-state index in [-0.39, 0.29) is 29.4 Å². The Labute approximate surface area is 169 Å².